The van der Waals surface area contributed by atoms with Crippen LogP contribution in [0.1, 0.15) is 36.8 Å². The number of carbonyl (C=O) groups excluding carboxylic acids is 1. The molecule has 0 aliphatic heterocycles. The molecule has 0 atom stereocenters. The summed E-state index contributed by atoms with van der Waals surface area (Å²) in [7, 11) is 1.60. The lowest BCUT2D eigenvalue weighted by atomic mass is 9.68. The quantitative estimate of drug-likeness (QED) is 0.282. The minimum absolute atomic E-state index is 0.00404. The van der Waals surface area contributed by atoms with Crippen LogP contribution in [0.4, 0.5) is 5.69 Å². The number of rotatable bonds is 7. The van der Waals surface area contributed by atoms with E-state index in [2.05, 4.69) is 30.1 Å². The Kier molecular flexibility index (Phi) is 6.52. The van der Waals surface area contributed by atoms with Crippen LogP contribution in [0.25, 0.3) is 11.3 Å². The summed E-state index contributed by atoms with van der Waals surface area (Å²) in [6, 6.07) is 15.5. The molecule has 0 unspecified atom stereocenters. The zero-order chi connectivity index (χ0) is 24.4. The van der Waals surface area contributed by atoms with Crippen molar-refractivity contribution in [3.63, 3.8) is 0 Å². The van der Waals surface area contributed by atoms with E-state index in [1.807, 2.05) is 6.07 Å². The fourth-order valence-electron chi connectivity index (χ4n) is 5.45. The van der Waals surface area contributed by atoms with Crippen LogP contribution in [-0.4, -0.2) is 28.3 Å². The fourth-order valence-corrected chi connectivity index (χ4v) is 6.25. The number of methoxy groups -OCH3 is 1. The molecular formula is C28H29N3O3S. The highest BCUT2D eigenvalue weighted by Gasteiger charge is 2.44. The summed E-state index contributed by atoms with van der Waals surface area (Å²) in [4.78, 5) is 31.7. The van der Waals surface area contributed by atoms with Crippen LogP contribution in [0.5, 0.6) is 5.75 Å². The van der Waals surface area contributed by atoms with E-state index in [-0.39, 0.29) is 22.6 Å². The summed E-state index contributed by atoms with van der Waals surface area (Å²) in [5.74, 6) is 0.704. The Bertz CT molecular complexity index is 1320. The molecule has 1 amide bonds. The molecule has 5 rings (SSSR count). The van der Waals surface area contributed by atoms with E-state index in [1.54, 1.807) is 42.0 Å². The van der Waals surface area contributed by atoms with Gasteiger partial charge < -0.3 is 10.1 Å². The summed E-state index contributed by atoms with van der Waals surface area (Å²) >= 11 is 1.28. The maximum Gasteiger partial charge on any atom is 0.258 e. The monoisotopic (exact) mass is 487 g/mol. The first-order chi connectivity index (χ1) is 17.0. The average Bonchev–Trinajstić information content (AvgIpc) is 3.33. The Morgan fingerprint density at radius 2 is 1.94 bits per heavy atom. The Morgan fingerprint density at radius 1 is 1.20 bits per heavy atom. The normalized spacial score (nSPS) is 15.3. The number of nitrogens with one attached hydrogen (secondary N) is 1. The van der Waals surface area contributed by atoms with Gasteiger partial charge in [-0.2, -0.15) is 0 Å². The molecule has 1 spiro atoms. The van der Waals surface area contributed by atoms with E-state index in [4.69, 9.17) is 9.72 Å². The molecule has 0 radical (unpaired) electrons. The topological polar surface area (TPSA) is 73.2 Å². The predicted octanol–water partition coefficient (Wildman–Crippen LogP) is 5.20. The molecule has 1 saturated carbocycles. The van der Waals surface area contributed by atoms with Gasteiger partial charge in [-0.05, 0) is 49.1 Å². The first kappa shape index (κ1) is 23.4. The molecule has 2 aliphatic rings. The zero-order valence-corrected chi connectivity index (χ0v) is 20.7. The molecule has 1 aromatic heterocycles. The van der Waals surface area contributed by atoms with Gasteiger partial charge in [-0.25, -0.2) is 4.98 Å². The summed E-state index contributed by atoms with van der Waals surface area (Å²) in [5.41, 5.74) is 4.47. The van der Waals surface area contributed by atoms with Gasteiger partial charge in [0.2, 0.25) is 5.91 Å². The first-order valence-corrected chi connectivity index (χ1v) is 12.9. The van der Waals surface area contributed by atoms with Crippen molar-refractivity contribution >= 4 is 23.4 Å². The number of benzene rings is 2. The largest absolute Gasteiger partial charge is 0.497 e. The number of thioether (sulfide) groups is 1. The third-order valence-electron chi connectivity index (χ3n) is 7.04. The Hall–Kier alpha value is -3.32. The van der Waals surface area contributed by atoms with Crippen LogP contribution in [-0.2, 0) is 23.2 Å². The second-order valence-electron chi connectivity index (χ2n) is 9.21. The van der Waals surface area contributed by atoms with Crippen LogP contribution in [0.2, 0.25) is 0 Å². The number of allylic oxidation sites excluding steroid dienone is 1. The number of aromatic nitrogens is 2. The van der Waals surface area contributed by atoms with Crippen molar-refractivity contribution in [2.75, 3.05) is 18.2 Å². The van der Waals surface area contributed by atoms with Crippen LogP contribution in [0.15, 0.2) is 71.1 Å². The van der Waals surface area contributed by atoms with Crippen LogP contribution in [0.3, 0.4) is 0 Å². The lowest BCUT2D eigenvalue weighted by Crippen LogP contribution is -2.40. The molecule has 1 heterocycles. The third kappa shape index (κ3) is 4.41. The minimum atomic E-state index is -0.162. The molecule has 6 nitrogen and oxygen atoms in total. The van der Waals surface area contributed by atoms with Gasteiger partial charge >= 0.3 is 0 Å². The SMILES string of the molecule is C=CCn1c(SCC(=O)Nc2ccc(OC)cc2)nc2c(c1=O)C1(CCCC1)Cc1ccccc1-2. The summed E-state index contributed by atoms with van der Waals surface area (Å²) in [6.45, 7) is 4.21. The van der Waals surface area contributed by atoms with Crippen molar-refractivity contribution in [3.05, 3.63) is 82.7 Å². The van der Waals surface area contributed by atoms with Crippen molar-refractivity contribution in [1.82, 2.24) is 9.55 Å². The number of nitrogens with zero attached hydrogens (tertiary/aromatic N) is 2. The molecule has 2 aliphatic carbocycles. The lowest BCUT2D eigenvalue weighted by molar-refractivity contribution is -0.113. The lowest BCUT2D eigenvalue weighted by Gasteiger charge is -2.36. The smallest absolute Gasteiger partial charge is 0.258 e. The van der Waals surface area contributed by atoms with Crippen molar-refractivity contribution < 1.29 is 9.53 Å². The second kappa shape index (κ2) is 9.74. The summed E-state index contributed by atoms with van der Waals surface area (Å²) < 4.78 is 6.85. The van der Waals surface area contributed by atoms with Crippen molar-refractivity contribution in [1.29, 1.82) is 0 Å². The minimum Gasteiger partial charge on any atom is -0.497 e. The average molecular weight is 488 g/mol. The van der Waals surface area contributed by atoms with Gasteiger partial charge in [-0.3, -0.25) is 14.2 Å². The number of carbonyl (C=O) groups is 1. The van der Waals surface area contributed by atoms with Gasteiger partial charge in [0.15, 0.2) is 5.16 Å². The van der Waals surface area contributed by atoms with Gasteiger partial charge in [0.05, 0.1) is 24.1 Å². The highest BCUT2D eigenvalue weighted by atomic mass is 32.2. The van der Waals surface area contributed by atoms with E-state index >= 15 is 0 Å². The fraction of sp³-hybridized carbons (Fsp3) is 0.321. The van der Waals surface area contributed by atoms with Crippen LogP contribution in [0, 0.1) is 0 Å². The number of amides is 1. The van der Waals surface area contributed by atoms with Gasteiger partial charge in [0.1, 0.15) is 5.75 Å². The molecule has 1 N–H and O–H groups in total. The predicted molar refractivity (Wildman–Crippen MR) is 140 cm³/mol. The van der Waals surface area contributed by atoms with Crippen LogP contribution < -0.4 is 15.6 Å². The van der Waals surface area contributed by atoms with E-state index < -0.39 is 0 Å². The molecule has 2 aromatic carbocycles. The van der Waals surface area contributed by atoms with Crippen molar-refractivity contribution in [2.24, 2.45) is 0 Å². The standard InChI is InChI=1S/C28H29N3O3S/c1-3-16-31-26(33)24-25(22-9-5-4-8-19(22)17-28(24)14-6-7-15-28)30-27(31)35-18-23(32)29-20-10-12-21(34-2)13-11-20/h3-5,8-13H,1,6-7,14-18H2,2H3,(H,29,32). The Labute approximate surface area is 209 Å². The van der Waals surface area contributed by atoms with E-state index in [9.17, 15) is 9.59 Å². The van der Waals surface area contributed by atoms with E-state index in [0.29, 0.717) is 17.4 Å². The first-order valence-electron chi connectivity index (χ1n) is 12.0. The maximum absolute atomic E-state index is 13.9. The van der Waals surface area contributed by atoms with Gasteiger partial charge in [-0.15, -0.1) is 6.58 Å². The van der Waals surface area contributed by atoms with Gasteiger partial charge in [0, 0.05) is 23.2 Å². The van der Waals surface area contributed by atoms with Gasteiger partial charge in [-0.1, -0.05) is 54.9 Å². The maximum atomic E-state index is 13.9. The number of anilines is 1. The number of hydrogen-bond donors (Lipinski definition) is 1. The molecule has 7 heteroatoms. The van der Waals surface area contributed by atoms with Crippen LogP contribution >= 0.6 is 11.8 Å². The highest BCUT2D eigenvalue weighted by molar-refractivity contribution is 7.99. The Balaban J connectivity index is 1.49. The summed E-state index contributed by atoms with van der Waals surface area (Å²) in [6.07, 6.45) is 6.88. The molecular weight excluding hydrogens is 458 g/mol. The molecule has 35 heavy (non-hydrogen) atoms. The summed E-state index contributed by atoms with van der Waals surface area (Å²) in [5, 5.41) is 3.44. The van der Waals surface area contributed by atoms with Crippen molar-refractivity contribution in [2.45, 2.75) is 49.2 Å². The molecule has 180 valence electrons. The number of ether oxygens (including phenoxy) is 1. The Morgan fingerprint density at radius 3 is 2.66 bits per heavy atom. The number of fused-ring (bicyclic) bond motifs is 4. The van der Waals surface area contributed by atoms with E-state index in [0.717, 1.165) is 54.7 Å². The molecule has 3 aromatic rings. The van der Waals surface area contributed by atoms with E-state index in [1.165, 1.54) is 17.3 Å². The highest BCUT2D eigenvalue weighted by Crippen LogP contribution is 2.49. The number of hydrogen-bond acceptors (Lipinski definition) is 5. The second-order valence-corrected chi connectivity index (χ2v) is 10.2. The van der Waals surface area contributed by atoms with Gasteiger partial charge in [0.25, 0.3) is 5.56 Å². The molecule has 1 fully saturated rings. The third-order valence-corrected chi connectivity index (χ3v) is 8.02. The molecule has 0 saturated heterocycles. The zero-order valence-electron chi connectivity index (χ0n) is 19.9. The molecule has 0 bridgehead atoms. The van der Waals surface area contributed by atoms with Crippen molar-refractivity contribution in [3.8, 4) is 17.0 Å².